The fourth-order valence-electron chi connectivity index (χ4n) is 2.78. The monoisotopic (exact) mass is 497 g/mol. The van der Waals surface area contributed by atoms with E-state index in [1.54, 1.807) is 13.0 Å². The molecular weight excluding hydrogens is 473 g/mol. The topological polar surface area (TPSA) is 108 Å². The molecule has 0 spiro atoms. The Labute approximate surface area is 202 Å². The van der Waals surface area contributed by atoms with Crippen molar-refractivity contribution in [2.75, 3.05) is 32.8 Å². The number of halogens is 2. The molecule has 1 unspecified atom stereocenters. The summed E-state index contributed by atoms with van der Waals surface area (Å²) < 4.78 is 21.6. The fraction of sp³-hybridized carbons (Fsp3) is 0.364. The quantitative estimate of drug-likeness (QED) is 0.324. The summed E-state index contributed by atoms with van der Waals surface area (Å²) in [6, 6.07) is 4.60. The number of rotatable bonds is 11. The first-order valence-corrected chi connectivity index (χ1v) is 10.7. The highest BCUT2D eigenvalue weighted by Gasteiger charge is 2.25. The number of carbonyl (C=O) groups excluding carboxylic acids is 2. The number of benzene rings is 2. The molecule has 0 heterocycles. The number of ketones is 1. The number of anilines is 1. The second-order valence-corrected chi connectivity index (χ2v) is 7.37. The smallest absolute Gasteiger partial charge is 0.258 e. The van der Waals surface area contributed by atoms with Crippen LogP contribution in [0.2, 0.25) is 10.0 Å². The van der Waals surface area contributed by atoms with Crippen molar-refractivity contribution in [2.24, 2.45) is 10.2 Å². The Balaban J connectivity index is 2.39. The van der Waals surface area contributed by atoms with Crippen LogP contribution in [0, 0.1) is 0 Å². The summed E-state index contributed by atoms with van der Waals surface area (Å²) in [5.74, 6) is 0.0303. The van der Waals surface area contributed by atoms with Gasteiger partial charge in [0.25, 0.3) is 5.91 Å². The zero-order chi connectivity index (χ0) is 24.5. The number of nitrogens with zero attached hydrogens (tertiary/aromatic N) is 2. The van der Waals surface area contributed by atoms with Crippen LogP contribution in [0.25, 0.3) is 0 Å². The third kappa shape index (κ3) is 6.72. The van der Waals surface area contributed by atoms with E-state index in [0.29, 0.717) is 40.5 Å². The molecule has 33 heavy (non-hydrogen) atoms. The lowest BCUT2D eigenvalue weighted by molar-refractivity contribution is -0.126. The minimum absolute atomic E-state index is 0.220. The van der Waals surface area contributed by atoms with E-state index in [9.17, 15) is 9.59 Å². The number of hydrogen-bond donors (Lipinski definition) is 1. The number of carbonyl (C=O) groups is 2. The molecule has 0 fully saturated rings. The summed E-state index contributed by atoms with van der Waals surface area (Å²) in [5.41, 5.74) is 0.471. The second-order valence-electron chi connectivity index (χ2n) is 6.52. The molecule has 1 atom stereocenters. The maximum atomic E-state index is 12.9. The highest BCUT2D eigenvalue weighted by atomic mass is 35.5. The average molecular weight is 498 g/mol. The molecule has 0 saturated heterocycles. The molecular formula is C22H25Cl2N3O6. The van der Waals surface area contributed by atoms with E-state index >= 15 is 0 Å². The Morgan fingerprint density at radius 2 is 1.64 bits per heavy atom. The van der Waals surface area contributed by atoms with Crippen LogP contribution in [-0.2, 0) is 9.59 Å². The molecule has 0 saturated carbocycles. The first-order valence-electron chi connectivity index (χ1n) is 9.98. The molecule has 0 aliphatic carbocycles. The number of amides is 1. The summed E-state index contributed by atoms with van der Waals surface area (Å²) in [6.07, 6.45) is 0. The third-order valence-corrected chi connectivity index (χ3v) is 4.75. The second kappa shape index (κ2) is 12.3. The largest absolute Gasteiger partial charge is 0.495 e. The minimum atomic E-state index is -1.44. The van der Waals surface area contributed by atoms with E-state index in [4.69, 9.17) is 42.1 Å². The lowest BCUT2D eigenvalue weighted by Gasteiger charge is -2.15. The molecule has 0 aromatic heterocycles. The highest BCUT2D eigenvalue weighted by molar-refractivity contribution is 6.32. The predicted octanol–water partition coefficient (Wildman–Crippen LogP) is 5.49. The Morgan fingerprint density at radius 1 is 0.970 bits per heavy atom. The first kappa shape index (κ1) is 26.2. The molecule has 1 amide bonds. The summed E-state index contributed by atoms with van der Waals surface area (Å²) >= 11 is 12.3. The van der Waals surface area contributed by atoms with Gasteiger partial charge in [0.15, 0.2) is 17.3 Å². The van der Waals surface area contributed by atoms with Gasteiger partial charge in [-0.15, -0.1) is 0 Å². The van der Waals surface area contributed by atoms with E-state index in [1.165, 1.54) is 39.3 Å². The number of methoxy groups -OCH3 is 2. The van der Waals surface area contributed by atoms with E-state index in [0.717, 1.165) is 0 Å². The van der Waals surface area contributed by atoms with Gasteiger partial charge in [-0.05, 0) is 26.8 Å². The number of nitrogens with one attached hydrogen (secondary N) is 1. The van der Waals surface area contributed by atoms with Crippen molar-refractivity contribution in [3.8, 4) is 23.0 Å². The molecule has 2 aromatic carbocycles. The van der Waals surface area contributed by atoms with Crippen LogP contribution in [0.5, 0.6) is 23.0 Å². The SMILES string of the molecule is CCOc1cc(Cl)cc(N=NC(C(C)=O)C(=O)Nc2cc(OC)c(Cl)cc2OC)c1OCC. The molecule has 178 valence electrons. The maximum absolute atomic E-state index is 12.9. The van der Waals surface area contributed by atoms with E-state index in [-0.39, 0.29) is 17.1 Å². The maximum Gasteiger partial charge on any atom is 0.258 e. The number of ether oxygens (including phenoxy) is 4. The van der Waals surface area contributed by atoms with Crippen molar-refractivity contribution in [3.05, 3.63) is 34.3 Å². The van der Waals surface area contributed by atoms with Crippen LogP contribution < -0.4 is 24.3 Å². The molecule has 2 rings (SSSR count). The van der Waals surface area contributed by atoms with Gasteiger partial charge in [0.2, 0.25) is 6.04 Å². The van der Waals surface area contributed by atoms with Crippen LogP contribution in [0.15, 0.2) is 34.5 Å². The van der Waals surface area contributed by atoms with E-state index in [2.05, 4.69) is 15.5 Å². The van der Waals surface area contributed by atoms with E-state index in [1.807, 2.05) is 6.92 Å². The molecule has 0 radical (unpaired) electrons. The van der Waals surface area contributed by atoms with Crippen LogP contribution in [0.4, 0.5) is 11.4 Å². The Bertz CT molecular complexity index is 1050. The van der Waals surface area contributed by atoms with E-state index < -0.39 is 17.7 Å². The molecule has 2 aromatic rings. The van der Waals surface area contributed by atoms with Gasteiger partial charge in [-0.25, -0.2) is 0 Å². The van der Waals surface area contributed by atoms with Crippen molar-refractivity contribution in [1.82, 2.24) is 0 Å². The summed E-state index contributed by atoms with van der Waals surface area (Å²) in [6.45, 7) is 5.55. The van der Waals surface area contributed by atoms with Crippen LogP contribution in [0.3, 0.4) is 0 Å². The van der Waals surface area contributed by atoms with Crippen molar-refractivity contribution >= 4 is 46.3 Å². The molecule has 1 N–H and O–H groups in total. The van der Waals surface area contributed by atoms with Gasteiger partial charge in [0.05, 0.1) is 38.1 Å². The molecule has 11 heteroatoms. The van der Waals surface area contributed by atoms with Gasteiger partial charge in [-0.3, -0.25) is 9.59 Å². The van der Waals surface area contributed by atoms with Gasteiger partial charge < -0.3 is 24.3 Å². The standard InChI is InChI=1S/C22H25Cl2N3O6/c1-6-32-19-9-13(23)8-16(21(19)33-7-2)26-27-20(12(3)28)22(29)25-15-11-17(30-4)14(24)10-18(15)31-5/h8-11,20H,6-7H2,1-5H3,(H,25,29). The lowest BCUT2D eigenvalue weighted by atomic mass is 10.2. The van der Waals surface area contributed by atoms with Crippen molar-refractivity contribution in [2.45, 2.75) is 26.8 Å². The number of Topliss-reactive ketones (excluding diaryl/α,β-unsaturated/α-hetero) is 1. The van der Waals surface area contributed by atoms with Crippen molar-refractivity contribution < 1.29 is 28.5 Å². The predicted molar refractivity (Wildman–Crippen MR) is 126 cm³/mol. The zero-order valence-corrected chi connectivity index (χ0v) is 20.4. The highest BCUT2D eigenvalue weighted by Crippen LogP contribution is 2.41. The normalized spacial score (nSPS) is 11.7. The number of azo groups is 1. The van der Waals surface area contributed by atoms with Crippen molar-refractivity contribution in [1.29, 1.82) is 0 Å². The molecule has 0 aliphatic rings. The Hall–Kier alpha value is -3.04. The first-order chi connectivity index (χ1) is 15.7. The zero-order valence-electron chi connectivity index (χ0n) is 18.9. The third-order valence-electron chi connectivity index (χ3n) is 4.23. The van der Waals surface area contributed by atoms with Gasteiger partial charge in [0, 0.05) is 23.2 Å². The minimum Gasteiger partial charge on any atom is -0.495 e. The number of hydrogen-bond acceptors (Lipinski definition) is 8. The van der Waals surface area contributed by atoms with Gasteiger partial charge in [-0.2, -0.15) is 10.2 Å². The Kier molecular flexibility index (Phi) is 9.74. The van der Waals surface area contributed by atoms with Gasteiger partial charge in [0.1, 0.15) is 17.2 Å². The van der Waals surface area contributed by atoms with Crippen LogP contribution in [0.1, 0.15) is 20.8 Å². The molecule has 0 bridgehead atoms. The van der Waals surface area contributed by atoms with Crippen LogP contribution >= 0.6 is 23.2 Å². The summed E-state index contributed by atoms with van der Waals surface area (Å²) in [4.78, 5) is 25.1. The fourth-order valence-corrected chi connectivity index (χ4v) is 3.21. The average Bonchev–Trinajstić information content (AvgIpc) is 2.76. The lowest BCUT2D eigenvalue weighted by Crippen LogP contribution is -2.32. The summed E-state index contributed by atoms with van der Waals surface area (Å²) in [7, 11) is 2.85. The Morgan fingerprint density at radius 3 is 2.21 bits per heavy atom. The molecule has 0 aliphatic heterocycles. The van der Waals surface area contributed by atoms with Gasteiger partial charge >= 0.3 is 0 Å². The summed E-state index contributed by atoms with van der Waals surface area (Å²) in [5, 5.41) is 11.3. The van der Waals surface area contributed by atoms with Crippen LogP contribution in [-0.4, -0.2) is 45.2 Å². The van der Waals surface area contributed by atoms with Gasteiger partial charge in [-0.1, -0.05) is 23.2 Å². The molecule has 9 nitrogen and oxygen atoms in total. The van der Waals surface area contributed by atoms with Crippen molar-refractivity contribution in [3.63, 3.8) is 0 Å².